The summed E-state index contributed by atoms with van der Waals surface area (Å²) in [7, 11) is 1.49. The Hall–Kier alpha value is -2.70. The van der Waals surface area contributed by atoms with Crippen molar-refractivity contribution in [2.45, 2.75) is 6.42 Å². The minimum atomic E-state index is 0.0922. The third kappa shape index (κ3) is 3.94. The van der Waals surface area contributed by atoms with Gasteiger partial charge in [-0.25, -0.2) is 0 Å². The van der Waals surface area contributed by atoms with Gasteiger partial charge in [0, 0.05) is 10.6 Å². The van der Waals surface area contributed by atoms with E-state index in [1.165, 1.54) is 7.11 Å². The summed E-state index contributed by atoms with van der Waals surface area (Å²) in [6.45, 7) is 3.68. The molecule has 2 rings (SSSR count). The predicted molar refractivity (Wildman–Crippen MR) is 93.5 cm³/mol. The van der Waals surface area contributed by atoms with E-state index in [0.717, 1.165) is 11.1 Å². The first-order valence-electron chi connectivity index (χ1n) is 6.97. The molecule has 4 heteroatoms. The van der Waals surface area contributed by atoms with Crippen molar-refractivity contribution in [2.24, 2.45) is 0 Å². The number of hydrogen-bond donors (Lipinski definition) is 1. The average Bonchev–Trinajstić information content (AvgIpc) is 2.56. The van der Waals surface area contributed by atoms with E-state index < -0.39 is 0 Å². The zero-order valence-electron chi connectivity index (χ0n) is 12.7. The minimum Gasteiger partial charge on any atom is -0.504 e. The Morgan fingerprint density at radius 1 is 1.35 bits per heavy atom. The van der Waals surface area contributed by atoms with Crippen LogP contribution in [-0.2, 0) is 6.42 Å². The number of phenols is 1. The molecule has 2 aromatic carbocycles. The van der Waals surface area contributed by atoms with E-state index in [4.69, 9.17) is 16.3 Å². The molecule has 0 saturated heterocycles. The molecule has 0 amide bonds. The molecule has 0 heterocycles. The number of aromatic hydroxyl groups is 1. The first kappa shape index (κ1) is 16.7. The van der Waals surface area contributed by atoms with Crippen LogP contribution in [0.4, 0.5) is 0 Å². The van der Waals surface area contributed by atoms with E-state index in [1.807, 2.05) is 6.07 Å². The molecule has 0 aliphatic rings. The summed E-state index contributed by atoms with van der Waals surface area (Å²) < 4.78 is 5.20. The van der Waals surface area contributed by atoms with E-state index in [9.17, 15) is 10.4 Å². The number of nitriles is 1. The quantitative estimate of drug-likeness (QED) is 0.486. The topological polar surface area (TPSA) is 53.2 Å². The van der Waals surface area contributed by atoms with Gasteiger partial charge < -0.3 is 9.84 Å². The van der Waals surface area contributed by atoms with E-state index >= 15 is 0 Å². The summed E-state index contributed by atoms with van der Waals surface area (Å²) in [5.41, 5.74) is 2.73. The van der Waals surface area contributed by atoms with Gasteiger partial charge in [-0.3, -0.25) is 0 Å². The fraction of sp³-hybridized carbons (Fsp3) is 0.105. The molecule has 2 aromatic rings. The third-order valence-electron chi connectivity index (χ3n) is 3.35. The Morgan fingerprint density at radius 2 is 2.04 bits per heavy atom. The van der Waals surface area contributed by atoms with Crippen LogP contribution in [0.2, 0.25) is 5.02 Å². The minimum absolute atomic E-state index is 0.0922. The number of halogens is 1. The van der Waals surface area contributed by atoms with Gasteiger partial charge in [-0.15, -0.1) is 6.58 Å². The van der Waals surface area contributed by atoms with Crippen molar-refractivity contribution < 1.29 is 9.84 Å². The van der Waals surface area contributed by atoms with E-state index in [-0.39, 0.29) is 5.75 Å². The Balaban J connectivity index is 2.51. The van der Waals surface area contributed by atoms with Gasteiger partial charge in [0.15, 0.2) is 11.5 Å². The fourth-order valence-electron chi connectivity index (χ4n) is 2.22. The maximum Gasteiger partial charge on any atom is 0.161 e. The van der Waals surface area contributed by atoms with Crippen LogP contribution in [0.15, 0.2) is 49.1 Å². The number of benzene rings is 2. The lowest BCUT2D eigenvalue weighted by Gasteiger charge is -2.10. The number of phenolic OH excluding ortho intramolecular Hbond substituents is 1. The smallest absolute Gasteiger partial charge is 0.161 e. The fourth-order valence-corrected chi connectivity index (χ4v) is 2.34. The lowest BCUT2D eigenvalue weighted by atomic mass is 10.0. The van der Waals surface area contributed by atoms with Gasteiger partial charge in [0.2, 0.25) is 0 Å². The number of methoxy groups -OCH3 is 1. The Kier molecular flexibility index (Phi) is 5.46. The highest BCUT2D eigenvalue weighted by Crippen LogP contribution is 2.33. The zero-order chi connectivity index (χ0) is 16.8. The summed E-state index contributed by atoms with van der Waals surface area (Å²) >= 11 is 5.88. The molecule has 0 radical (unpaired) electrons. The third-order valence-corrected chi connectivity index (χ3v) is 3.60. The lowest BCUT2D eigenvalue weighted by molar-refractivity contribution is 0.371. The average molecular weight is 326 g/mol. The normalized spacial score (nSPS) is 10.9. The summed E-state index contributed by atoms with van der Waals surface area (Å²) in [6.07, 6.45) is 3.96. The molecular weight excluding hydrogens is 310 g/mol. The van der Waals surface area contributed by atoms with Crippen LogP contribution in [-0.4, -0.2) is 12.2 Å². The second-order valence-electron chi connectivity index (χ2n) is 4.90. The van der Waals surface area contributed by atoms with Gasteiger partial charge in [-0.05, 0) is 47.9 Å². The molecule has 0 unspecified atom stereocenters. The van der Waals surface area contributed by atoms with E-state index in [2.05, 4.69) is 12.6 Å². The van der Waals surface area contributed by atoms with Gasteiger partial charge in [-0.2, -0.15) is 5.26 Å². The molecule has 23 heavy (non-hydrogen) atoms. The van der Waals surface area contributed by atoms with Gasteiger partial charge >= 0.3 is 0 Å². The van der Waals surface area contributed by atoms with Crippen molar-refractivity contribution in [3.8, 4) is 17.6 Å². The second kappa shape index (κ2) is 7.53. The van der Waals surface area contributed by atoms with Crippen LogP contribution in [0.3, 0.4) is 0 Å². The maximum atomic E-state index is 10.1. The molecule has 116 valence electrons. The van der Waals surface area contributed by atoms with Crippen molar-refractivity contribution in [1.29, 1.82) is 5.26 Å². The number of allylic oxidation sites excluding steroid dienone is 2. The number of rotatable bonds is 5. The molecule has 0 fully saturated rings. The Labute approximate surface area is 140 Å². The molecular formula is C19H16ClNO2. The molecule has 0 aliphatic heterocycles. The van der Waals surface area contributed by atoms with Crippen molar-refractivity contribution >= 4 is 23.3 Å². The van der Waals surface area contributed by atoms with Crippen LogP contribution >= 0.6 is 11.6 Å². The van der Waals surface area contributed by atoms with Gasteiger partial charge in [0.25, 0.3) is 0 Å². The number of ether oxygens (including phenoxy) is 1. The number of hydrogen-bond acceptors (Lipinski definition) is 3. The standard InChI is InChI=1S/C19H16ClNO2/c1-3-4-15-9-13(11-18(23-2)19(15)22)10-16(12-21)14-5-7-17(20)8-6-14/h3,5-11,22H,1,4H2,2H3/b16-10+. The van der Waals surface area contributed by atoms with Gasteiger partial charge in [0.05, 0.1) is 18.8 Å². The van der Waals surface area contributed by atoms with Crippen LogP contribution in [0.1, 0.15) is 16.7 Å². The van der Waals surface area contributed by atoms with Gasteiger partial charge in [0.1, 0.15) is 0 Å². The van der Waals surface area contributed by atoms with E-state index in [1.54, 1.807) is 42.5 Å². The van der Waals surface area contributed by atoms with Crippen LogP contribution in [0.5, 0.6) is 11.5 Å². The molecule has 0 aromatic heterocycles. The predicted octanol–water partition coefficient (Wildman–Crippen LogP) is 4.85. The van der Waals surface area contributed by atoms with Crippen molar-refractivity contribution in [3.05, 3.63) is 70.8 Å². The lowest BCUT2D eigenvalue weighted by Crippen LogP contribution is -1.91. The Morgan fingerprint density at radius 3 is 2.61 bits per heavy atom. The summed E-state index contributed by atoms with van der Waals surface area (Å²) in [5, 5.41) is 20.1. The molecule has 3 nitrogen and oxygen atoms in total. The molecule has 1 N–H and O–H groups in total. The Bertz CT molecular complexity index is 786. The van der Waals surface area contributed by atoms with Crippen LogP contribution in [0.25, 0.3) is 11.6 Å². The second-order valence-corrected chi connectivity index (χ2v) is 5.34. The molecule has 0 spiro atoms. The monoisotopic (exact) mass is 325 g/mol. The molecule has 0 saturated carbocycles. The highest BCUT2D eigenvalue weighted by Gasteiger charge is 2.10. The summed E-state index contributed by atoms with van der Waals surface area (Å²) in [6, 6.07) is 12.7. The highest BCUT2D eigenvalue weighted by molar-refractivity contribution is 6.30. The van der Waals surface area contributed by atoms with Crippen molar-refractivity contribution in [3.63, 3.8) is 0 Å². The SMILES string of the molecule is C=CCc1cc(/C=C(\C#N)c2ccc(Cl)cc2)cc(OC)c1O. The first-order chi connectivity index (χ1) is 11.1. The zero-order valence-corrected chi connectivity index (χ0v) is 13.5. The van der Waals surface area contributed by atoms with Crippen molar-refractivity contribution in [1.82, 2.24) is 0 Å². The summed E-state index contributed by atoms with van der Waals surface area (Å²) in [4.78, 5) is 0. The first-order valence-corrected chi connectivity index (χ1v) is 7.35. The molecule has 0 bridgehead atoms. The van der Waals surface area contributed by atoms with Crippen LogP contribution < -0.4 is 4.74 Å². The summed E-state index contributed by atoms with van der Waals surface area (Å²) in [5.74, 6) is 0.457. The van der Waals surface area contributed by atoms with Crippen LogP contribution in [0, 0.1) is 11.3 Å². The van der Waals surface area contributed by atoms with Crippen molar-refractivity contribution in [2.75, 3.05) is 7.11 Å². The highest BCUT2D eigenvalue weighted by atomic mass is 35.5. The maximum absolute atomic E-state index is 10.1. The molecule has 0 atom stereocenters. The van der Waals surface area contributed by atoms with Gasteiger partial charge in [-0.1, -0.05) is 29.8 Å². The van der Waals surface area contributed by atoms with E-state index in [0.29, 0.717) is 28.3 Å². The molecule has 0 aliphatic carbocycles. The number of nitrogens with zero attached hydrogens (tertiary/aromatic N) is 1. The largest absolute Gasteiger partial charge is 0.504 e.